The number of aromatic nitrogens is 15. The van der Waals surface area contributed by atoms with Crippen LogP contribution in [-0.4, -0.2) is 91.9 Å². The minimum atomic E-state index is -0.891. The van der Waals surface area contributed by atoms with Crippen molar-refractivity contribution in [3.05, 3.63) is 142 Å². The van der Waals surface area contributed by atoms with Crippen molar-refractivity contribution in [2.24, 2.45) is 0 Å². The Morgan fingerprint density at radius 1 is 0.506 bits per heavy atom. The lowest BCUT2D eigenvalue weighted by Crippen LogP contribution is -2.42. The van der Waals surface area contributed by atoms with Gasteiger partial charge in [-0.2, -0.15) is 15.3 Å². The van der Waals surface area contributed by atoms with Gasteiger partial charge in [-0.1, -0.05) is 42.2 Å². The first-order valence-electron chi connectivity index (χ1n) is 22.1. The van der Waals surface area contributed by atoms with E-state index in [1.165, 1.54) is 63.3 Å². The molecule has 0 fully saturated rings. The summed E-state index contributed by atoms with van der Waals surface area (Å²) in [6.07, 6.45) is 8.70. The second kappa shape index (κ2) is 20.8. The van der Waals surface area contributed by atoms with Crippen LogP contribution in [0.5, 0.6) is 0 Å². The first-order valence-corrected chi connectivity index (χ1v) is 24.0. The molecule has 0 saturated carbocycles. The van der Waals surface area contributed by atoms with E-state index in [0.717, 1.165) is 0 Å². The topological polar surface area (TPSA) is 358 Å². The Bertz CT molecular complexity index is 3910. The van der Waals surface area contributed by atoms with Crippen LogP contribution in [0.15, 0.2) is 92.8 Å². The van der Waals surface area contributed by atoms with Crippen molar-refractivity contribution in [3.63, 3.8) is 0 Å². The first kappa shape index (κ1) is 54.5. The van der Waals surface area contributed by atoms with Crippen LogP contribution in [0.1, 0.15) is 80.4 Å². The number of halogens is 4. The van der Waals surface area contributed by atoms with Crippen molar-refractivity contribution in [3.8, 4) is 0 Å². The zero-order valence-corrected chi connectivity index (χ0v) is 44.0. The highest BCUT2D eigenvalue weighted by Gasteiger charge is 2.40. The van der Waals surface area contributed by atoms with E-state index in [1.807, 2.05) is 0 Å². The van der Waals surface area contributed by atoms with E-state index in [4.69, 9.17) is 40.5 Å². The third-order valence-corrected chi connectivity index (χ3v) is 12.9. The van der Waals surface area contributed by atoms with Crippen molar-refractivity contribution < 1.29 is 14.4 Å². The third-order valence-electron chi connectivity index (χ3n) is 11.5. The van der Waals surface area contributed by atoms with Gasteiger partial charge in [0.15, 0.2) is 34.0 Å². The number of nitrogens with one attached hydrogen (secondary N) is 5. The first-order chi connectivity index (χ1) is 36.0. The molecule has 0 unspecified atom stereocenters. The molecule has 31 heteroatoms. The zero-order chi connectivity index (χ0) is 54.6. The number of carbonyl (C=O) groups is 3. The summed E-state index contributed by atoms with van der Waals surface area (Å²) in [6.45, 7) is 10.4. The average molecular weight is 1170 g/mol. The van der Waals surface area contributed by atoms with Crippen molar-refractivity contribution in [2.45, 2.75) is 66.0 Å². The predicted molar refractivity (Wildman–Crippen MR) is 288 cm³/mol. The lowest BCUT2D eigenvalue weighted by atomic mass is 10.2. The monoisotopic (exact) mass is 1170 g/mol. The molecule has 12 rings (SSSR count). The molecule has 77 heavy (non-hydrogen) atoms. The molecule has 394 valence electrons. The van der Waals surface area contributed by atoms with E-state index in [-0.39, 0.29) is 62.4 Å². The van der Waals surface area contributed by atoms with Crippen LogP contribution in [-0.2, 0) is 17.0 Å². The highest BCUT2D eigenvalue weighted by Crippen LogP contribution is 2.32. The molecule has 3 aliphatic rings. The summed E-state index contributed by atoms with van der Waals surface area (Å²) in [6, 6.07) is 9.35. The number of amides is 3. The number of fused-ring (bicyclic) bond motifs is 6. The number of nitrogens with zero attached hydrogens (tertiary/aromatic N) is 15. The van der Waals surface area contributed by atoms with Gasteiger partial charge in [0.05, 0.1) is 54.7 Å². The maximum absolute atomic E-state index is 12.9. The van der Waals surface area contributed by atoms with Crippen LogP contribution in [0.25, 0.3) is 33.1 Å². The van der Waals surface area contributed by atoms with Crippen LogP contribution in [0, 0.1) is 0 Å². The summed E-state index contributed by atoms with van der Waals surface area (Å²) >= 11 is 21.5. The van der Waals surface area contributed by atoms with E-state index in [1.54, 1.807) is 65.9 Å². The van der Waals surface area contributed by atoms with E-state index < -0.39 is 39.9 Å². The number of anilines is 5. The molecule has 27 nitrogen and oxygen atoms in total. The summed E-state index contributed by atoms with van der Waals surface area (Å²) in [5.74, 6) is -0.101. The minimum absolute atomic E-state index is 0. The predicted octanol–water partition coefficient (Wildman–Crippen LogP) is 5.17. The highest BCUT2D eigenvalue weighted by atomic mass is 79.9. The molecule has 12 heterocycles. The van der Waals surface area contributed by atoms with Gasteiger partial charge in [0.2, 0.25) is 0 Å². The Kier molecular flexibility index (Phi) is 14.7. The molecule has 0 saturated heterocycles. The van der Waals surface area contributed by atoms with Gasteiger partial charge in [0.25, 0.3) is 34.4 Å². The largest absolute Gasteiger partial charge is 0.382 e. The molecular weight excluding hydrogens is 1130 g/mol. The van der Waals surface area contributed by atoms with Crippen LogP contribution < -0.4 is 49.0 Å². The minimum Gasteiger partial charge on any atom is -0.382 e. The molecule has 0 aromatic carbocycles. The maximum atomic E-state index is 12.9. The molecular formula is C46H41BrCl3N21O6. The summed E-state index contributed by atoms with van der Waals surface area (Å²) in [5, 5.41) is 37.6. The van der Waals surface area contributed by atoms with Gasteiger partial charge < -0.3 is 32.3 Å². The van der Waals surface area contributed by atoms with Crippen molar-refractivity contribution >= 4 is 130 Å². The molecule has 0 aliphatic carbocycles. The van der Waals surface area contributed by atoms with Gasteiger partial charge in [0.1, 0.15) is 64.4 Å². The number of hydrogen-bond donors (Lipinski definition) is 6. The number of hydrogen-bond acceptors (Lipinski definition) is 21. The standard InChI is InChI=1S/2C15H12ClN7O2.C9H8BrClN2O2.C6H5N5.CH4/c2*1-15(2)21-13(24)11-7(16)5-9(14(25)23(11)15)20-12-10-8(17-6-18-12)3-4-19-22-10;1-9(2)12-7(14)6-5(11)3-4(10)8(15)13(6)9;7-6-5-4(8-3-9-6)1-2-10-11-5;/h2*3-6H,1-2H3,(H,21,24)(H,17,18,20);3H,1-2H3,(H,12,14);1-3H,(H2,7,8,9);1H4. The second-order valence-corrected chi connectivity index (χ2v) is 20.0. The summed E-state index contributed by atoms with van der Waals surface area (Å²) < 4.78 is 4.37. The summed E-state index contributed by atoms with van der Waals surface area (Å²) in [7, 11) is 0. The number of rotatable bonds is 4. The SMILES string of the molecule is C.CC1(C)NC(=O)c2c(Cl)cc(Br)c(=O)n21.CC1(C)NC(=O)c2c(Cl)cc(Nc3ncnc4ccnnc34)c(=O)n21.CC1(C)NC(=O)c2c(Cl)cc(Nc3ncnc4ccnnc34)c(=O)n21.Nc1ncnc2ccnnc12. The van der Waals surface area contributed by atoms with Gasteiger partial charge in [-0.05, 0) is 93.9 Å². The Morgan fingerprint density at radius 3 is 1.23 bits per heavy atom. The van der Waals surface area contributed by atoms with Gasteiger partial charge >= 0.3 is 0 Å². The smallest absolute Gasteiger partial charge is 0.276 e. The van der Waals surface area contributed by atoms with E-state index in [2.05, 4.69) is 103 Å². The molecule has 9 aromatic rings. The Balaban J connectivity index is 0.000000142. The normalized spacial score (nSPS) is 14.6. The van der Waals surface area contributed by atoms with E-state index in [9.17, 15) is 28.8 Å². The molecule has 7 N–H and O–H groups in total. The molecule has 0 atom stereocenters. The maximum Gasteiger partial charge on any atom is 0.276 e. The number of nitrogen functional groups attached to an aromatic ring is 1. The highest BCUT2D eigenvalue weighted by molar-refractivity contribution is 9.10. The summed E-state index contributed by atoms with van der Waals surface area (Å²) in [4.78, 5) is 97.5. The van der Waals surface area contributed by atoms with Gasteiger partial charge in [-0.25, -0.2) is 29.9 Å². The van der Waals surface area contributed by atoms with Gasteiger partial charge in [-0.15, -0.1) is 15.3 Å². The lowest BCUT2D eigenvalue weighted by Gasteiger charge is -2.22. The zero-order valence-electron chi connectivity index (χ0n) is 40.2. The Hall–Kier alpha value is -8.73. The molecule has 9 aromatic heterocycles. The lowest BCUT2D eigenvalue weighted by molar-refractivity contribution is 0.0925. The van der Waals surface area contributed by atoms with Crippen LogP contribution >= 0.6 is 50.7 Å². The van der Waals surface area contributed by atoms with Crippen molar-refractivity contribution in [1.82, 2.24) is 90.1 Å². The number of nitrogens with two attached hydrogens (primary N) is 1. The quantitative estimate of drug-likeness (QED) is 0.132. The van der Waals surface area contributed by atoms with Crippen molar-refractivity contribution in [2.75, 3.05) is 16.4 Å². The third kappa shape index (κ3) is 10.2. The van der Waals surface area contributed by atoms with Gasteiger partial charge in [-0.3, -0.25) is 42.5 Å². The Morgan fingerprint density at radius 2 is 0.844 bits per heavy atom. The fraction of sp³-hybridized carbons (Fsp3) is 0.217. The second-order valence-electron chi connectivity index (χ2n) is 17.9. The summed E-state index contributed by atoms with van der Waals surface area (Å²) in [5.41, 5.74) is 5.99. The van der Waals surface area contributed by atoms with Crippen LogP contribution in [0.3, 0.4) is 0 Å². The molecule has 0 radical (unpaired) electrons. The van der Waals surface area contributed by atoms with E-state index in [0.29, 0.717) is 55.0 Å². The fourth-order valence-corrected chi connectivity index (χ4v) is 9.57. The molecule has 3 aliphatic heterocycles. The Labute approximate surface area is 456 Å². The fourth-order valence-electron chi connectivity index (χ4n) is 8.20. The van der Waals surface area contributed by atoms with Crippen LogP contribution in [0.4, 0.5) is 28.8 Å². The molecule has 3 amide bonds. The molecule has 0 spiro atoms. The average Bonchev–Trinajstić information content (AvgIpc) is 3.90. The van der Waals surface area contributed by atoms with E-state index >= 15 is 0 Å². The number of pyridine rings is 3. The molecule has 0 bridgehead atoms. The van der Waals surface area contributed by atoms with Gasteiger partial charge in [0, 0.05) is 0 Å². The number of carbonyl (C=O) groups excluding carboxylic acids is 3. The van der Waals surface area contributed by atoms with Crippen molar-refractivity contribution in [1.29, 1.82) is 0 Å². The van der Waals surface area contributed by atoms with Crippen LogP contribution in [0.2, 0.25) is 15.1 Å².